The number of piperidine rings is 1. The Morgan fingerprint density at radius 2 is 1.76 bits per heavy atom. The van der Waals surface area contributed by atoms with E-state index in [-0.39, 0.29) is 0 Å². The zero-order valence-electron chi connectivity index (χ0n) is 11.2. The third-order valence-corrected chi connectivity index (χ3v) is 4.93. The monoisotopic (exact) mass is 237 g/mol. The zero-order valence-corrected chi connectivity index (χ0v) is 11.2. The van der Waals surface area contributed by atoms with E-state index in [1.165, 1.54) is 64.8 Å². The molecule has 0 saturated carbocycles. The molecule has 3 fully saturated rings. The fourth-order valence-corrected chi connectivity index (χ4v) is 4.00. The van der Waals surface area contributed by atoms with E-state index in [9.17, 15) is 0 Å². The molecule has 0 aromatic rings. The Kier molecular flexibility index (Phi) is 3.69. The highest BCUT2D eigenvalue weighted by Crippen LogP contribution is 2.29. The summed E-state index contributed by atoms with van der Waals surface area (Å²) in [5.74, 6) is 0. The Balaban J connectivity index is 1.59. The summed E-state index contributed by atoms with van der Waals surface area (Å²) >= 11 is 0. The molecule has 3 saturated heterocycles. The second-order valence-electron chi connectivity index (χ2n) is 6.21. The molecular weight excluding hydrogens is 210 g/mol. The molecule has 0 spiro atoms. The molecule has 0 bridgehead atoms. The van der Waals surface area contributed by atoms with Gasteiger partial charge in [0.25, 0.3) is 0 Å². The molecule has 17 heavy (non-hydrogen) atoms. The number of hydrogen-bond donors (Lipinski definition) is 1. The van der Waals surface area contributed by atoms with Crippen LogP contribution in [0.15, 0.2) is 0 Å². The smallest absolute Gasteiger partial charge is 0.0166 e. The standard InChI is InChI=1S/C14H27N3/c1-12-11-17(8-3-6-15-12)14-5-9-16-7-2-4-13(16)10-14/h12-15H,2-11H2,1H3. The van der Waals surface area contributed by atoms with Crippen molar-refractivity contribution in [3.05, 3.63) is 0 Å². The van der Waals surface area contributed by atoms with Crippen molar-refractivity contribution in [1.82, 2.24) is 15.1 Å². The molecule has 3 heteroatoms. The third kappa shape index (κ3) is 2.67. The minimum Gasteiger partial charge on any atom is -0.313 e. The number of fused-ring (bicyclic) bond motifs is 1. The number of hydrogen-bond acceptors (Lipinski definition) is 3. The van der Waals surface area contributed by atoms with E-state index in [4.69, 9.17) is 0 Å². The van der Waals surface area contributed by atoms with Crippen molar-refractivity contribution in [3.63, 3.8) is 0 Å². The van der Waals surface area contributed by atoms with E-state index in [2.05, 4.69) is 22.0 Å². The molecule has 3 heterocycles. The molecule has 3 aliphatic rings. The summed E-state index contributed by atoms with van der Waals surface area (Å²) in [5.41, 5.74) is 0. The summed E-state index contributed by atoms with van der Waals surface area (Å²) < 4.78 is 0. The molecular formula is C14H27N3. The van der Waals surface area contributed by atoms with E-state index in [0.29, 0.717) is 6.04 Å². The third-order valence-electron chi connectivity index (χ3n) is 4.93. The van der Waals surface area contributed by atoms with E-state index in [1.807, 2.05) is 0 Å². The van der Waals surface area contributed by atoms with Gasteiger partial charge in [-0.2, -0.15) is 0 Å². The van der Waals surface area contributed by atoms with Crippen molar-refractivity contribution < 1.29 is 0 Å². The van der Waals surface area contributed by atoms with Crippen molar-refractivity contribution in [2.24, 2.45) is 0 Å². The minimum absolute atomic E-state index is 0.680. The van der Waals surface area contributed by atoms with E-state index >= 15 is 0 Å². The lowest BCUT2D eigenvalue weighted by molar-refractivity contribution is 0.0873. The van der Waals surface area contributed by atoms with Crippen LogP contribution < -0.4 is 5.32 Å². The van der Waals surface area contributed by atoms with Crippen molar-refractivity contribution >= 4 is 0 Å². The molecule has 0 radical (unpaired) electrons. The Morgan fingerprint density at radius 3 is 2.71 bits per heavy atom. The quantitative estimate of drug-likeness (QED) is 0.741. The minimum atomic E-state index is 0.680. The SMILES string of the molecule is CC1CN(C2CCN3CCCC3C2)CCCN1. The van der Waals surface area contributed by atoms with Crippen LogP contribution in [0.1, 0.15) is 39.0 Å². The molecule has 0 aromatic heterocycles. The van der Waals surface area contributed by atoms with E-state index in [1.54, 1.807) is 0 Å². The van der Waals surface area contributed by atoms with Gasteiger partial charge in [0.15, 0.2) is 0 Å². The summed E-state index contributed by atoms with van der Waals surface area (Å²) in [5, 5.41) is 3.61. The lowest BCUT2D eigenvalue weighted by Gasteiger charge is -2.40. The molecule has 0 aromatic carbocycles. The molecule has 0 amide bonds. The van der Waals surface area contributed by atoms with Crippen LogP contribution in [0, 0.1) is 0 Å². The second-order valence-corrected chi connectivity index (χ2v) is 6.21. The molecule has 98 valence electrons. The predicted molar refractivity (Wildman–Crippen MR) is 71.3 cm³/mol. The van der Waals surface area contributed by atoms with Crippen molar-refractivity contribution in [2.45, 2.75) is 57.2 Å². The first-order valence-corrected chi connectivity index (χ1v) is 7.54. The zero-order chi connectivity index (χ0) is 11.7. The van der Waals surface area contributed by atoms with Gasteiger partial charge in [0.2, 0.25) is 0 Å². The average molecular weight is 237 g/mol. The molecule has 1 N–H and O–H groups in total. The summed E-state index contributed by atoms with van der Waals surface area (Å²) in [6.45, 7) is 8.85. The summed E-state index contributed by atoms with van der Waals surface area (Å²) in [6, 6.07) is 2.47. The van der Waals surface area contributed by atoms with E-state index < -0.39 is 0 Å². The van der Waals surface area contributed by atoms with Crippen LogP contribution in [0.3, 0.4) is 0 Å². The molecule has 0 aliphatic carbocycles. The Morgan fingerprint density at radius 1 is 0.941 bits per heavy atom. The first-order valence-electron chi connectivity index (χ1n) is 7.54. The maximum Gasteiger partial charge on any atom is 0.0166 e. The summed E-state index contributed by atoms with van der Waals surface area (Å²) in [4.78, 5) is 5.51. The molecule has 3 atom stereocenters. The van der Waals surface area contributed by atoms with Crippen LogP contribution in [0.2, 0.25) is 0 Å². The highest BCUT2D eigenvalue weighted by Gasteiger charge is 2.34. The van der Waals surface area contributed by atoms with E-state index in [0.717, 1.165) is 12.1 Å². The van der Waals surface area contributed by atoms with Crippen molar-refractivity contribution in [2.75, 3.05) is 32.7 Å². The van der Waals surface area contributed by atoms with Gasteiger partial charge in [0.1, 0.15) is 0 Å². The van der Waals surface area contributed by atoms with Gasteiger partial charge in [-0.25, -0.2) is 0 Å². The predicted octanol–water partition coefficient (Wildman–Crippen LogP) is 1.30. The van der Waals surface area contributed by atoms with Gasteiger partial charge < -0.3 is 10.2 Å². The molecule has 3 aliphatic heterocycles. The van der Waals surface area contributed by atoms with Crippen molar-refractivity contribution in [1.29, 1.82) is 0 Å². The van der Waals surface area contributed by atoms with Gasteiger partial charge in [0, 0.05) is 24.7 Å². The maximum absolute atomic E-state index is 3.61. The van der Waals surface area contributed by atoms with Gasteiger partial charge in [-0.15, -0.1) is 0 Å². The molecule has 3 nitrogen and oxygen atoms in total. The lowest BCUT2D eigenvalue weighted by atomic mass is 9.96. The summed E-state index contributed by atoms with van der Waals surface area (Å²) in [7, 11) is 0. The number of nitrogens with zero attached hydrogens (tertiary/aromatic N) is 2. The lowest BCUT2D eigenvalue weighted by Crippen LogP contribution is -2.49. The Bertz CT molecular complexity index is 256. The van der Waals surface area contributed by atoms with Gasteiger partial charge in [-0.1, -0.05) is 0 Å². The summed E-state index contributed by atoms with van der Waals surface area (Å²) in [6.07, 6.45) is 7.07. The van der Waals surface area contributed by atoms with Crippen LogP contribution in [0.4, 0.5) is 0 Å². The Labute approximate surface area is 106 Å². The average Bonchev–Trinajstić information content (AvgIpc) is 2.69. The highest BCUT2D eigenvalue weighted by molar-refractivity contribution is 4.91. The van der Waals surface area contributed by atoms with Crippen LogP contribution in [-0.4, -0.2) is 60.6 Å². The first-order chi connectivity index (χ1) is 8.33. The van der Waals surface area contributed by atoms with Crippen LogP contribution in [0.25, 0.3) is 0 Å². The van der Waals surface area contributed by atoms with Gasteiger partial charge in [0.05, 0.1) is 0 Å². The van der Waals surface area contributed by atoms with Gasteiger partial charge in [-0.05, 0) is 65.2 Å². The van der Waals surface area contributed by atoms with Gasteiger partial charge in [-0.3, -0.25) is 4.90 Å². The van der Waals surface area contributed by atoms with Crippen LogP contribution >= 0.6 is 0 Å². The normalized spacial score (nSPS) is 41.1. The molecule has 3 unspecified atom stereocenters. The molecule has 3 rings (SSSR count). The number of rotatable bonds is 1. The fourth-order valence-electron chi connectivity index (χ4n) is 4.00. The van der Waals surface area contributed by atoms with Crippen molar-refractivity contribution in [3.8, 4) is 0 Å². The first kappa shape index (κ1) is 11.9. The largest absolute Gasteiger partial charge is 0.313 e. The number of nitrogens with one attached hydrogen (secondary N) is 1. The second kappa shape index (κ2) is 5.25. The Hall–Kier alpha value is -0.120. The highest BCUT2D eigenvalue weighted by atomic mass is 15.2. The fraction of sp³-hybridized carbons (Fsp3) is 1.00. The van der Waals surface area contributed by atoms with Crippen LogP contribution in [0.5, 0.6) is 0 Å². The topological polar surface area (TPSA) is 18.5 Å². The van der Waals surface area contributed by atoms with Gasteiger partial charge >= 0.3 is 0 Å². The van der Waals surface area contributed by atoms with Crippen LogP contribution in [-0.2, 0) is 0 Å². The maximum atomic E-state index is 3.61.